The van der Waals surface area contributed by atoms with Gasteiger partial charge in [-0.15, -0.1) is 11.6 Å². The first kappa shape index (κ1) is 8.17. The topological polar surface area (TPSA) is 66.5 Å². The fourth-order valence-corrected chi connectivity index (χ4v) is 0.351. The summed E-state index contributed by atoms with van der Waals surface area (Å²) in [5.41, 5.74) is 5.05. The molecule has 0 amide bonds. The van der Waals surface area contributed by atoms with Gasteiger partial charge in [-0.3, -0.25) is 0 Å². The van der Waals surface area contributed by atoms with Gasteiger partial charge in [0, 0.05) is 6.54 Å². The summed E-state index contributed by atoms with van der Waals surface area (Å²) < 4.78 is 0. The Morgan fingerprint density at radius 3 is 2.25 bits per heavy atom. The van der Waals surface area contributed by atoms with Crippen molar-refractivity contribution in [2.75, 3.05) is 13.2 Å². The Bertz CT molecular complexity index is 54.0. The van der Waals surface area contributed by atoms with Gasteiger partial charge in [0.05, 0.1) is 18.1 Å². The molecule has 0 radical (unpaired) electrons. The number of nitrogens with two attached hydrogens (primary N) is 1. The molecule has 0 aliphatic heterocycles. The molecule has 8 heavy (non-hydrogen) atoms. The molecule has 4 heteroatoms. The van der Waals surface area contributed by atoms with Crippen LogP contribution in [0.15, 0.2) is 0 Å². The molecule has 0 aromatic carbocycles. The standard InChI is InChI=1S/C4H10ClNO2/c5-3(1-6)4(8)2-7/h3-4,7-8H,1-2,6H2. The fraction of sp³-hybridized carbons (Fsp3) is 1.00. The van der Waals surface area contributed by atoms with Crippen molar-refractivity contribution >= 4 is 11.6 Å². The Morgan fingerprint density at radius 2 is 2.12 bits per heavy atom. The molecule has 3 nitrogen and oxygen atoms in total. The average molecular weight is 140 g/mol. The number of aliphatic hydroxyl groups is 2. The van der Waals surface area contributed by atoms with Gasteiger partial charge in [0.2, 0.25) is 0 Å². The first-order valence-electron chi connectivity index (χ1n) is 2.35. The molecule has 0 aromatic heterocycles. The maximum atomic E-state index is 8.66. The molecule has 2 atom stereocenters. The summed E-state index contributed by atoms with van der Waals surface area (Å²) in [4.78, 5) is 0. The highest BCUT2D eigenvalue weighted by molar-refractivity contribution is 6.21. The fourth-order valence-electron chi connectivity index (χ4n) is 0.271. The van der Waals surface area contributed by atoms with Crippen LogP contribution in [0.4, 0.5) is 0 Å². The van der Waals surface area contributed by atoms with Gasteiger partial charge in [0.25, 0.3) is 0 Å². The van der Waals surface area contributed by atoms with Crippen LogP contribution in [-0.4, -0.2) is 34.8 Å². The highest BCUT2D eigenvalue weighted by atomic mass is 35.5. The van der Waals surface area contributed by atoms with Crippen LogP contribution in [0.3, 0.4) is 0 Å². The number of hydrogen-bond acceptors (Lipinski definition) is 3. The zero-order valence-corrected chi connectivity index (χ0v) is 5.17. The molecule has 0 aliphatic carbocycles. The molecule has 0 aliphatic rings. The lowest BCUT2D eigenvalue weighted by molar-refractivity contribution is 0.0931. The van der Waals surface area contributed by atoms with Crippen LogP contribution in [0.5, 0.6) is 0 Å². The van der Waals surface area contributed by atoms with E-state index in [0.29, 0.717) is 0 Å². The monoisotopic (exact) mass is 139 g/mol. The minimum atomic E-state index is -0.887. The number of halogens is 1. The molecule has 0 fully saturated rings. The second-order valence-electron chi connectivity index (χ2n) is 1.50. The molecule has 0 saturated heterocycles. The van der Waals surface area contributed by atoms with Crippen LogP contribution in [0.25, 0.3) is 0 Å². The second kappa shape index (κ2) is 4.09. The maximum Gasteiger partial charge on any atom is 0.0946 e. The molecule has 0 aromatic rings. The summed E-state index contributed by atoms with van der Waals surface area (Å²) in [6.45, 7) is -0.144. The molecule has 50 valence electrons. The van der Waals surface area contributed by atoms with Crippen molar-refractivity contribution in [2.45, 2.75) is 11.5 Å². The van der Waals surface area contributed by atoms with Gasteiger partial charge in [-0.2, -0.15) is 0 Å². The number of alkyl halides is 1. The minimum absolute atomic E-state index is 0.184. The zero-order chi connectivity index (χ0) is 6.57. The van der Waals surface area contributed by atoms with E-state index in [1.54, 1.807) is 0 Å². The quantitative estimate of drug-likeness (QED) is 0.435. The number of rotatable bonds is 3. The van der Waals surface area contributed by atoms with E-state index < -0.39 is 11.5 Å². The van der Waals surface area contributed by atoms with E-state index in [4.69, 9.17) is 27.5 Å². The highest BCUT2D eigenvalue weighted by Crippen LogP contribution is 1.98. The summed E-state index contributed by atoms with van der Waals surface area (Å²) in [6, 6.07) is 0. The van der Waals surface area contributed by atoms with Crippen molar-refractivity contribution in [3.8, 4) is 0 Å². The summed E-state index contributed by atoms with van der Waals surface area (Å²) >= 11 is 5.38. The van der Waals surface area contributed by atoms with Crippen molar-refractivity contribution < 1.29 is 10.2 Å². The molecule has 0 heterocycles. The maximum absolute atomic E-state index is 8.66. The first-order valence-corrected chi connectivity index (χ1v) is 2.79. The van der Waals surface area contributed by atoms with Crippen molar-refractivity contribution in [3.63, 3.8) is 0 Å². The third-order valence-electron chi connectivity index (χ3n) is 0.830. The lowest BCUT2D eigenvalue weighted by Gasteiger charge is -2.10. The van der Waals surface area contributed by atoms with Crippen LogP contribution < -0.4 is 5.73 Å². The largest absolute Gasteiger partial charge is 0.394 e. The molecule has 0 spiro atoms. The van der Waals surface area contributed by atoms with E-state index in [-0.39, 0.29) is 13.2 Å². The summed E-state index contributed by atoms with van der Waals surface area (Å²) in [7, 11) is 0. The summed E-state index contributed by atoms with van der Waals surface area (Å²) in [6.07, 6.45) is -0.887. The van der Waals surface area contributed by atoms with Gasteiger partial charge in [-0.05, 0) is 0 Å². The molecule has 0 saturated carbocycles. The van der Waals surface area contributed by atoms with Crippen molar-refractivity contribution in [1.29, 1.82) is 0 Å². The van der Waals surface area contributed by atoms with Crippen LogP contribution in [-0.2, 0) is 0 Å². The van der Waals surface area contributed by atoms with E-state index in [9.17, 15) is 0 Å². The number of aliphatic hydroxyl groups excluding tert-OH is 2. The van der Waals surface area contributed by atoms with E-state index >= 15 is 0 Å². The minimum Gasteiger partial charge on any atom is -0.394 e. The van der Waals surface area contributed by atoms with E-state index in [2.05, 4.69) is 0 Å². The molecule has 2 unspecified atom stereocenters. The Balaban J connectivity index is 3.29. The lowest BCUT2D eigenvalue weighted by atomic mass is 10.3. The summed E-state index contributed by atoms with van der Waals surface area (Å²) in [5.74, 6) is 0. The van der Waals surface area contributed by atoms with Crippen molar-refractivity contribution in [3.05, 3.63) is 0 Å². The van der Waals surface area contributed by atoms with Gasteiger partial charge in [0.15, 0.2) is 0 Å². The first-order chi connectivity index (χ1) is 3.72. The van der Waals surface area contributed by atoms with Gasteiger partial charge in [0.1, 0.15) is 0 Å². The number of hydrogen-bond donors (Lipinski definition) is 3. The molecule has 0 bridgehead atoms. The second-order valence-corrected chi connectivity index (χ2v) is 2.06. The zero-order valence-electron chi connectivity index (χ0n) is 4.42. The van der Waals surface area contributed by atoms with E-state index in [1.165, 1.54) is 0 Å². The Morgan fingerprint density at radius 1 is 1.62 bits per heavy atom. The molecular formula is C4H10ClNO2. The Hall–Kier alpha value is 0.170. The van der Waals surface area contributed by atoms with Gasteiger partial charge in [-0.1, -0.05) is 0 Å². The third-order valence-corrected chi connectivity index (χ3v) is 1.30. The lowest BCUT2D eigenvalue weighted by Crippen LogP contribution is -2.31. The van der Waals surface area contributed by atoms with Crippen molar-refractivity contribution in [2.24, 2.45) is 5.73 Å². The highest BCUT2D eigenvalue weighted by Gasteiger charge is 2.11. The SMILES string of the molecule is NCC(Cl)C(O)CO. The van der Waals surface area contributed by atoms with E-state index in [1.807, 2.05) is 0 Å². The molecular weight excluding hydrogens is 130 g/mol. The average Bonchev–Trinajstić information content (AvgIpc) is 1.84. The predicted octanol–water partition coefficient (Wildman–Crippen LogP) is -1.09. The van der Waals surface area contributed by atoms with E-state index in [0.717, 1.165) is 0 Å². The van der Waals surface area contributed by atoms with Gasteiger partial charge < -0.3 is 15.9 Å². The van der Waals surface area contributed by atoms with Crippen molar-refractivity contribution in [1.82, 2.24) is 0 Å². The van der Waals surface area contributed by atoms with Gasteiger partial charge >= 0.3 is 0 Å². The third kappa shape index (κ3) is 2.47. The molecule has 0 rings (SSSR count). The van der Waals surface area contributed by atoms with Gasteiger partial charge in [-0.25, -0.2) is 0 Å². The van der Waals surface area contributed by atoms with Crippen LogP contribution in [0.1, 0.15) is 0 Å². The van der Waals surface area contributed by atoms with Crippen LogP contribution >= 0.6 is 11.6 Å². The van der Waals surface area contributed by atoms with Crippen LogP contribution in [0, 0.1) is 0 Å². The normalized spacial score (nSPS) is 18.0. The smallest absolute Gasteiger partial charge is 0.0946 e. The van der Waals surface area contributed by atoms with Crippen LogP contribution in [0.2, 0.25) is 0 Å². The molecule has 4 N–H and O–H groups in total. The summed E-state index contributed by atoms with van der Waals surface area (Å²) in [5, 5.41) is 16.4. The Labute approximate surface area is 53.1 Å². The predicted molar refractivity (Wildman–Crippen MR) is 31.8 cm³/mol. The Kier molecular flexibility index (Phi) is 4.18.